The number of nitrogens with zero attached hydrogens (tertiary/aromatic N) is 4. The third kappa shape index (κ3) is 4.28. The van der Waals surface area contributed by atoms with Crippen LogP contribution >= 0.6 is 0 Å². The summed E-state index contributed by atoms with van der Waals surface area (Å²) in [7, 11) is 1.42. The predicted octanol–water partition coefficient (Wildman–Crippen LogP) is -0.0850. The van der Waals surface area contributed by atoms with Gasteiger partial charge in [0.05, 0.1) is 13.7 Å². The van der Waals surface area contributed by atoms with Crippen LogP contribution in [0.4, 0.5) is 17.8 Å². The molecule has 0 aromatic carbocycles. The highest BCUT2D eigenvalue weighted by molar-refractivity contribution is 5.38. The Balaban J connectivity index is 2.77. The number of hydrogen-bond acceptors (Lipinski definition) is 9. The number of aromatic nitrogens is 3. The molecule has 0 aliphatic carbocycles. The molecule has 0 atom stereocenters. The largest absolute Gasteiger partial charge is 0.374 e. The zero-order valence-corrected chi connectivity index (χ0v) is 10.5. The van der Waals surface area contributed by atoms with E-state index in [1.54, 1.807) is 0 Å². The average Bonchev–Trinajstić information content (AvgIpc) is 2.34. The first-order valence-corrected chi connectivity index (χ1v) is 5.53. The molecule has 0 bridgehead atoms. The maximum absolute atomic E-state index is 9.20. The van der Waals surface area contributed by atoms with Gasteiger partial charge in [-0.2, -0.15) is 20.0 Å². The third-order valence-electron chi connectivity index (χ3n) is 1.93. The first-order valence-electron chi connectivity index (χ1n) is 5.53. The number of hydroxylamine groups is 1. The van der Waals surface area contributed by atoms with E-state index in [4.69, 9.17) is 10.6 Å². The molecule has 102 valence electrons. The van der Waals surface area contributed by atoms with E-state index < -0.39 is 0 Å². The first-order chi connectivity index (χ1) is 8.71. The third-order valence-corrected chi connectivity index (χ3v) is 1.93. The Morgan fingerprint density at radius 2 is 2.17 bits per heavy atom. The lowest BCUT2D eigenvalue weighted by molar-refractivity contribution is 0.0558. The van der Waals surface area contributed by atoms with E-state index in [0.29, 0.717) is 6.61 Å². The van der Waals surface area contributed by atoms with E-state index >= 15 is 0 Å². The Bertz CT molecular complexity index is 364. The van der Waals surface area contributed by atoms with E-state index in [-0.39, 0.29) is 24.6 Å². The van der Waals surface area contributed by atoms with Crippen LogP contribution in [-0.2, 0) is 9.68 Å². The molecule has 9 nitrogen and oxygen atoms in total. The van der Waals surface area contributed by atoms with Gasteiger partial charge < -0.3 is 10.8 Å². The van der Waals surface area contributed by atoms with Gasteiger partial charge in [0, 0.05) is 0 Å². The van der Waals surface area contributed by atoms with Crippen molar-refractivity contribution in [3.63, 3.8) is 0 Å². The molecule has 1 aromatic heterocycles. The molecule has 0 aliphatic rings. The van der Waals surface area contributed by atoms with E-state index in [1.165, 1.54) is 7.11 Å². The molecule has 0 saturated carbocycles. The maximum atomic E-state index is 9.20. The number of aliphatic hydroxyl groups is 1. The maximum Gasteiger partial charge on any atom is 0.258 e. The van der Waals surface area contributed by atoms with Crippen LogP contribution in [0.3, 0.4) is 0 Å². The molecule has 0 aliphatic heterocycles. The molecule has 1 rings (SSSR count). The van der Waals surface area contributed by atoms with Crippen LogP contribution in [0.15, 0.2) is 0 Å². The summed E-state index contributed by atoms with van der Waals surface area (Å²) in [5.74, 6) is 0.246. The van der Waals surface area contributed by atoms with Crippen molar-refractivity contribution in [3.05, 3.63) is 0 Å². The second-order valence-electron chi connectivity index (χ2n) is 3.33. The van der Waals surface area contributed by atoms with Crippen LogP contribution in [0.25, 0.3) is 0 Å². The number of aliphatic hydroxyl groups excluding tert-OH is 1. The summed E-state index contributed by atoms with van der Waals surface area (Å²) in [6.07, 6.45) is 1.84. The summed E-state index contributed by atoms with van der Waals surface area (Å²) < 4.78 is 0. The molecule has 0 unspecified atom stereocenters. The lowest BCUT2D eigenvalue weighted by atomic mass is 10.4. The van der Waals surface area contributed by atoms with Gasteiger partial charge in [0.2, 0.25) is 5.95 Å². The van der Waals surface area contributed by atoms with Crippen LogP contribution in [0.1, 0.15) is 19.8 Å². The Kier molecular flexibility index (Phi) is 6.05. The highest BCUT2D eigenvalue weighted by atomic mass is 16.7. The second-order valence-corrected chi connectivity index (χ2v) is 3.33. The summed E-state index contributed by atoms with van der Waals surface area (Å²) in [5.41, 5.74) is 7.94. The highest BCUT2D eigenvalue weighted by Crippen LogP contribution is 2.12. The summed E-state index contributed by atoms with van der Waals surface area (Å²) in [6.45, 7) is 2.10. The zero-order valence-electron chi connectivity index (χ0n) is 10.5. The van der Waals surface area contributed by atoms with Gasteiger partial charge >= 0.3 is 0 Å². The molecule has 0 radical (unpaired) electrons. The predicted molar refractivity (Wildman–Crippen MR) is 65.3 cm³/mol. The van der Waals surface area contributed by atoms with Crippen molar-refractivity contribution in [2.24, 2.45) is 0 Å². The highest BCUT2D eigenvalue weighted by Gasteiger charge is 2.12. The Morgan fingerprint density at radius 1 is 1.39 bits per heavy atom. The van der Waals surface area contributed by atoms with Gasteiger partial charge in [0.25, 0.3) is 11.9 Å². The molecule has 1 aromatic rings. The fourth-order valence-electron chi connectivity index (χ4n) is 1.11. The zero-order chi connectivity index (χ0) is 13.4. The minimum absolute atomic E-state index is 0.00269. The van der Waals surface area contributed by atoms with E-state index in [1.807, 2.05) is 6.92 Å². The van der Waals surface area contributed by atoms with Crippen molar-refractivity contribution in [3.8, 4) is 0 Å². The Hall–Kier alpha value is -1.71. The number of rotatable bonds is 8. The Morgan fingerprint density at radius 3 is 2.78 bits per heavy atom. The topological polar surface area (TPSA) is 119 Å². The SMILES string of the molecule is CCCCON(CO)c1nc(N)nc(NOC)n1. The standard InChI is InChI=1S/C9H18N6O3/c1-3-4-5-18-15(6-16)9-12-7(10)11-8(13-9)14-17-2/h16H,3-6H2,1-2H3,(H3,10,11,12,13,14). The van der Waals surface area contributed by atoms with Gasteiger partial charge in [-0.3, -0.25) is 9.68 Å². The first kappa shape index (κ1) is 14.4. The van der Waals surface area contributed by atoms with Gasteiger partial charge in [-0.1, -0.05) is 13.3 Å². The molecule has 0 amide bonds. The van der Waals surface area contributed by atoms with Crippen molar-refractivity contribution in [2.45, 2.75) is 19.8 Å². The van der Waals surface area contributed by atoms with Crippen molar-refractivity contribution in [1.29, 1.82) is 0 Å². The van der Waals surface area contributed by atoms with Gasteiger partial charge in [0.15, 0.2) is 0 Å². The number of nitrogen functional groups attached to an aromatic ring is 1. The number of hydrogen-bond donors (Lipinski definition) is 3. The summed E-state index contributed by atoms with van der Waals surface area (Å²) in [4.78, 5) is 21.6. The molecule has 18 heavy (non-hydrogen) atoms. The molecule has 4 N–H and O–H groups in total. The van der Waals surface area contributed by atoms with Crippen molar-refractivity contribution in [2.75, 3.05) is 36.7 Å². The van der Waals surface area contributed by atoms with E-state index in [9.17, 15) is 5.11 Å². The fraction of sp³-hybridized carbons (Fsp3) is 0.667. The van der Waals surface area contributed by atoms with Crippen LogP contribution in [0.5, 0.6) is 0 Å². The molecule has 1 heterocycles. The average molecular weight is 258 g/mol. The number of unbranched alkanes of at least 4 members (excludes halogenated alkanes) is 1. The number of anilines is 3. The monoisotopic (exact) mass is 258 g/mol. The molecular weight excluding hydrogens is 240 g/mol. The Labute approximate surface area is 105 Å². The van der Waals surface area contributed by atoms with Crippen LogP contribution in [-0.4, -0.2) is 40.5 Å². The van der Waals surface area contributed by atoms with Crippen molar-refractivity contribution in [1.82, 2.24) is 15.0 Å². The van der Waals surface area contributed by atoms with E-state index in [2.05, 4.69) is 25.3 Å². The van der Waals surface area contributed by atoms with Crippen LogP contribution < -0.4 is 16.3 Å². The normalized spacial score (nSPS) is 10.4. The van der Waals surface area contributed by atoms with Crippen molar-refractivity contribution >= 4 is 17.8 Å². The lowest BCUT2D eigenvalue weighted by Gasteiger charge is -2.19. The second kappa shape index (κ2) is 7.58. The fourth-order valence-corrected chi connectivity index (χ4v) is 1.11. The van der Waals surface area contributed by atoms with Gasteiger partial charge in [-0.15, -0.1) is 0 Å². The lowest BCUT2D eigenvalue weighted by Crippen LogP contribution is -2.28. The van der Waals surface area contributed by atoms with Gasteiger partial charge in [0.1, 0.15) is 6.73 Å². The molecule has 0 fully saturated rings. The minimum Gasteiger partial charge on any atom is -0.374 e. The number of nitrogens with two attached hydrogens (primary N) is 1. The van der Waals surface area contributed by atoms with Crippen LogP contribution in [0, 0.1) is 0 Å². The summed E-state index contributed by atoms with van der Waals surface area (Å²) in [6, 6.07) is 0. The summed E-state index contributed by atoms with van der Waals surface area (Å²) in [5, 5.41) is 10.3. The van der Waals surface area contributed by atoms with Gasteiger partial charge in [-0.25, -0.2) is 5.48 Å². The smallest absolute Gasteiger partial charge is 0.258 e. The van der Waals surface area contributed by atoms with Crippen molar-refractivity contribution < 1.29 is 14.8 Å². The quantitative estimate of drug-likeness (QED) is 0.334. The molecule has 0 saturated heterocycles. The minimum atomic E-state index is -0.389. The number of nitrogens with one attached hydrogen (secondary N) is 1. The molecule has 0 spiro atoms. The summed E-state index contributed by atoms with van der Waals surface area (Å²) >= 11 is 0. The molecule has 9 heteroatoms. The molecular formula is C9H18N6O3. The van der Waals surface area contributed by atoms with Gasteiger partial charge in [-0.05, 0) is 6.42 Å². The van der Waals surface area contributed by atoms with Crippen LogP contribution in [0.2, 0.25) is 0 Å². The van der Waals surface area contributed by atoms with E-state index in [0.717, 1.165) is 17.9 Å².